The quantitative estimate of drug-likeness (QED) is 0.870. The summed E-state index contributed by atoms with van der Waals surface area (Å²) in [5.41, 5.74) is 0.867. The van der Waals surface area contributed by atoms with Gasteiger partial charge in [-0.05, 0) is 25.1 Å². The van der Waals surface area contributed by atoms with Crippen molar-refractivity contribution in [2.45, 2.75) is 19.1 Å². The average Bonchev–Trinajstić information content (AvgIpc) is 2.47. The number of hydrogen-bond acceptors (Lipinski definition) is 4. The monoisotopic (exact) mass is 271 g/mol. The van der Waals surface area contributed by atoms with E-state index in [1.54, 1.807) is 0 Å². The number of carbonyl (C=O) groups is 1. The van der Waals surface area contributed by atoms with Crippen molar-refractivity contribution in [1.82, 2.24) is 10.3 Å². The van der Waals surface area contributed by atoms with Crippen LogP contribution in [0.4, 0.5) is 5.82 Å². The van der Waals surface area contributed by atoms with Gasteiger partial charge in [-0.1, -0.05) is 18.2 Å². The van der Waals surface area contributed by atoms with Crippen molar-refractivity contribution in [3.8, 4) is 0 Å². The Bertz CT molecular complexity index is 629. The van der Waals surface area contributed by atoms with Crippen molar-refractivity contribution in [3.63, 3.8) is 0 Å². The summed E-state index contributed by atoms with van der Waals surface area (Å²) >= 11 is 0. The number of ether oxygens (including phenoxy) is 1. The fourth-order valence-corrected chi connectivity index (χ4v) is 2.37. The van der Waals surface area contributed by atoms with Crippen LogP contribution in [0.3, 0.4) is 0 Å². The highest BCUT2D eigenvalue weighted by molar-refractivity contribution is 5.95. The van der Waals surface area contributed by atoms with Crippen molar-refractivity contribution >= 4 is 22.6 Å². The van der Waals surface area contributed by atoms with Gasteiger partial charge in [0.25, 0.3) is 0 Å². The van der Waals surface area contributed by atoms with Crippen LogP contribution in [-0.4, -0.2) is 36.2 Å². The molecule has 2 N–H and O–H groups in total. The Balaban J connectivity index is 1.76. The molecule has 5 heteroatoms. The Morgan fingerprint density at radius 1 is 1.35 bits per heavy atom. The normalized spacial score (nSPS) is 22.6. The number of nitrogens with one attached hydrogen (secondary N) is 2. The first kappa shape index (κ1) is 13.0. The van der Waals surface area contributed by atoms with Gasteiger partial charge in [0.1, 0.15) is 11.9 Å². The van der Waals surface area contributed by atoms with Crippen LogP contribution < -0.4 is 10.6 Å². The number of morpholine rings is 1. The third kappa shape index (κ3) is 2.64. The van der Waals surface area contributed by atoms with Crippen LogP contribution in [0.25, 0.3) is 10.9 Å². The molecule has 1 aliphatic heterocycles. The summed E-state index contributed by atoms with van der Waals surface area (Å²) < 4.78 is 5.48. The lowest BCUT2D eigenvalue weighted by Gasteiger charge is -2.29. The van der Waals surface area contributed by atoms with Crippen molar-refractivity contribution in [1.29, 1.82) is 0 Å². The van der Waals surface area contributed by atoms with Crippen LogP contribution >= 0.6 is 0 Å². The van der Waals surface area contributed by atoms with Gasteiger partial charge in [0.2, 0.25) is 5.91 Å². The Morgan fingerprint density at radius 3 is 3.05 bits per heavy atom. The Kier molecular flexibility index (Phi) is 3.62. The third-order valence-electron chi connectivity index (χ3n) is 3.45. The number of rotatable bonds is 2. The van der Waals surface area contributed by atoms with E-state index in [0.717, 1.165) is 10.9 Å². The van der Waals surface area contributed by atoms with Crippen LogP contribution in [0.5, 0.6) is 0 Å². The first-order valence-corrected chi connectivity index (χ1v) is 6.76. The second kappa shape index (κ2) is 5.56. The van der Waals surface area contributed by atoms with Gasteiger partial charge >= 0.3 is 0 Å². The zero-order chi connectivity index (χ0) is 13.9. The molecule has 2 heterocycles. The fraction of sp³-hybridized carbons (Fsp3) is 0.333. The number of benzene rings is 1. The molecular formula is C15H17N3O2. The molecule has 0 saturated carbocycles. The molecule has 1 saturated heterocycles. The maximum absolute atomic E-state index is 12.2. The number of fused-ring (bicyclic) bond motifs is 1. The Labute approximate surface area is 117 Å². The largest absolute Gasteiger partial charge is 0.375 e. The highest BCUT2D eigenvalue weighted by Crippen LogP contribution is 2.15. The van der Waals surface area contributed by atoms with E-state index in [9.17, 15) is 4.79 Å². The van der Waals surface area contributed by atoms with Gasteiger partial charge in [0, 0.05) is 11.9 Å². The lowest BCUT2D eigenvalue weighted by Crippen LogP contribution is -2.53. The number of amides is 1. The van der Waals surface area contributed by atoms with Gasteiger partial charge in [0.15, 0.2) is 0 Å². The fourth-order valence-electron chi connectivity index (χ4n) is 2.37. The Morgan fingerprint density at radius 2 is 2.20 bits per heavy atom. The minimum atomic E-state index is -0.336. The lowest BCUT2D eigenvalue weighted by atomic mass is 10.1. The van der Waals surface area contributed by atoms with E-state index >= 15 is 0 Å². The number of aromatic nitrogens is 1. The Hall–Kier alpha value is -1.98. The summed E-state index contributed by atoms with van der Waals surface area (Å²) in [6, 6.07) is 11.2. The molecule has 1 aromatic carbocycles. The summed E-state index contributed by atoms with van der Waals surface area (Å²) in [5, 5.41) is 7.06. The molecule has 1 amide bonds. The number of para-hydroxylation sites is 1. The maximum Gasteiger partial charge on any atom is 0.245 e. The van der Waals surface area contributed by atoms with Crippen molar-refractivity contribution in [2.75, 3.05) is 18.5 Å². The molecule has 104 valence electrons. The number of pyridine rings is 1. The maximum atomic E-state index is 12.2. The third-order valence-corrected chi connectivity index (χ3v) is 3.45. The van der Waals surface area contributed by atoms with E-state index in [-0.39, 0.29) is 18.1 Å². The molecule has 1 fully saturated rings. The summed E-state index contributed by atoms with van der Waals surface area (Å²) in [6.07, 6.45) is -0.135. The predicted octanol–water partition coefficient (Wildman–Crippen LogP) is 1.55. The number of carbonyl (C=O) groups excluding carboxylic acids is 1. The number of hydrogen-bond donors (Lipinski definition) is 2. The van der Waals surface area contributed by atoms with E-state index in [0.29, 0.717) is 19.0 Å². The molecular weight excluding hydrogens is 254 g/mol. The molecule has 5 nitrogen and oxygen atoms in total. The molecule has 20 heavy (non-hydrogen) atoms. The van der Waals surface area contributed by atoms with E-state index < -0.39 is 0 Å². The summed E-state index contributed by atoms with van der Waals surface area (Å²) in [5.74, 6) is 0.452. The summed E-state index contributed by atoms with van der Waals surface area (Å²) in [4.78, 5) is 16.7. The lowest BCUT2D eigenvalue weighted by molar-refractivity contribution is -0.123. The second-order valence-corrected chi connectivity index (χ2v) is 4.89. The van der Waals surface area contributed by atoms with Gasteiger partial charge in [-0.3, -0.25) is 4.79 Å². The van der Waals surface area contributed by atoms with Gasteiger partial charge in [-0.2, -0.15) is 0 Å². The second-order valence-electron chi connectivity index (χ2n) is 4.89. The molecule has 1 aliphatic rings. The van der Waals surface area contributed by atoms with Crippen LogP contribution in [0.2, 0.25) is 0 Å². The van der Waals surface area contributed by atoms with Crippen molar-refractivity contribution < 1.29 is 9.53 Å². The van der Waals surface area contributed by atoms with Crippen LogP contribution in [-0.2, 0) is 9.53 Å². The number of nitrogens with zero attached hydrogens (tertiary/aromatic N) is 1. The highest BCUT2D eigenvalue weighted by atomic mass is 16.5. The minimum absolute atomic E-state index is 0.111. The average molecular weight is 271 g/mol. The van der Waals surface area contributed by atoms with Gasteiger partial charge < -0.3 is 15.4 Å². The predicted molar refractivity (Wildman–Crippen MR) is 77.6 cm³/mol. The highest BCUT2D eigenvalue weighted by Gasteiger charge is 2.28. The van der Waals surface area contributed by atoms with Gasteiger partial charge in [-0.15, -0.1) is 0 Å². The van der Waals surface area contributed by atoms with Crippen molar-refractivity contribution in [3.05, 3.63) is 36.4 Å². The SMILES string of the molecule is C[C@H]1OCCN[C@@H]1C(=O)Nc1ccc2ccccc2n1. The van der Waals surface area contributed by atoms with E-state index in [1.165, 1.54) is 0 Å². The molecule has 0 unspecified atom stereocenters. The van der Waals surface area contributed by atoms with Crippen LogP contribution in [0, 0.1) is 0 Å². The molecule has 1 aromatic heterocycles. The molecule has 3 rings (SSSR count). The van der Waals surface area contributed by atoms with E-state index in [4.69, 9.17) is 4.74 Å². The zero-order valence-electron chi connectivity index (χ0n) is 11.3. The molecule has 0 radical (unpaired) electrons. The minimum Gasteiger partial charge on any atom is -0.375 e. The number of anilines is 1. The molecule has 0 bridgehead atoms. The first-order chi connectivity index (χ1) is 9.74. The van der Waals surface area contributed by atoms with Crippen molar-refractivity contribution in [2.24, 2.45) is 0 Å². The molecule has 2 atom stereocenters. The van der Waals surface area contributed by atoms with Gasteiger partial charge in [-0.25, -0.2) is 4.98 Å². The summed E-state index contributed by atoms with van der Waals surface area (Å²) in [7, 11) is 0. The smallest absolute Gasteiger partial charge is 0.245 e. The van der Waals surface area contributed by atoms with Crippen LogP contribution in [0.1, 0.15) is 6.92 Å². The standard InChI is InChI=1S/C15H17N3O2/c1-10-14(16-8-9-20-10)15(19)18-13-7-6-11-4-2-3-5-12(11)17-13/h2-7,10,14,16H,8-9H2,1H3,(H,17,18,19)/t10-,14+/m1/s1. The van der Waals surface area contributed by atoms with E-state index in [2.05, 4.69) is 15.6 Å². The molecule has 0 spiro atoms. The molecule has 2 aromatic rings. The van der Waals surface area contributed by atoms with Crippen LogP contribution in [0.15, 0.2) is 36.4 Å². The topological polar surface area (TPSA) is 63.2 Å². The van der Waals surface area contributed by atoms with Gasteiger partial charge in [0.05, 0.1) is 18.2 Å². The molecule has 0 aliphatic carbocycles. The zero-order valence-corrected chi connectivity index (χ0v) is 11.3. The first-order valence-electron chi connectivity index (χ1n) is 6.76. The summed E-state index contributed by atoms with van der Waals surface area (Å²) in [6.45, 7) is 3.22. The van der Waals surface area contributed by atoms with E-state index in [1.807, 2.05) is 43.3 Å².